The zero-order valence-corrected chi connectivity index (χ0v) is 11.6. The number of nitrogens with two attached hydrogens (primary N) is 1. The van der Waals surface area contributed by atoms with Crippen LogP contribution in [-0.4, -0.2) is 4.98 Å². The molecule has 2 N–H and O–H groups in total. The van der Waals surface area contributed by atoms with Gasteiger partial charge in [0.1, 0.15) is 6.07 Å². The minimum atomic E-state index is 0.474. The standard InChI is InChI=1S/C14H10IN3/c15-13-4-2-1-3-11(13)14(17)12(9-16)10-5-7-18-8-6-10/h1-8H,17H2/b14-12-. The average molecular weight is 347 g/mol. The molecule has 2 rings (SSSR count). The van der Waals surface area contributed by atoms with Crippen molar-refractivity contribution in [2.75, 3.05) is 0 Å². The summed E-state index contributed by atoms with van der Waals surface area (Å²) in [6.07, 6.45) is 3.30. The van der Waals surface area contributed by atoms with Crippen LogP contribution >= 0.6 is 22.6 Å². The first-order chi connectivity index (χ1) is 8.74. The van der Waals surface area contributed by atoms with E-state index in [4.69, 9.17) is 5.73 Å². The van der Waals surface area contributed by atoms with Crippen molar-refractivity contribution in [3.63, 3.8) is 0 Å². The lowest BCUT2D eigenvalue weighted by Gasteiger charge is -2.08. The summed E-state index contributed by atoms with van der Waals surface area (Å²) in [5, 5.41) is 9.29. The number of rotatable bonds is 2. The normalized spacial score (nSPS) is 11.6. The van der Waals surface area contributed by atoms with E-state index in [9.17, 15) is 5.26 Å². The Labute approximate surface area is 119 Å². The van der Waals surface area contributed by atoms with Gasteiger partial charge in [-0.15, -0.1) is 0 Å². The number of allylic oxidation sites excluding steroid dienone is 1. The molecule has 0 unspecified atom stereocenters. The molecule has 1 aromatic heterocycles. The quantitative estimate of drug-likeness (QED) is 0.671. The summed E-state index contributed by atoms with van der Waals surface area (Å²) in [5.41, 5.74) is 8.75. The van der Waals surface area contributed by atoms with Crippen LogP contribution in [0.15, 0.2) is 48.8 Å². The largest absolute Gasteiger partial charge is 0.397 e. The SMILES string of the molecule is N#C/C(=C(/N)c1ccccc1I)c1ccncc1. The van der Waals surface area contributed by atoms with Crippen LogP contribution < -0.4 is 5.73 Å². The molecular formula is C14H10IN3. The monoisotopic (exact) mass is 347 g/mol. The van der Waals surface area contributed by atoms with Crippen LogP contribution in [0.2, 0.25) is 0 Å². The summed E-state index contributed by atoms with van der Waals surface area (Å²) in [4.78, 5) is 3.94. The molecule has 0 spiro atoms. The third-order valence-electron chi connectivity index (χ3n) is 2.51. The van der Waals surface area contributed by atoms with E-state index in [-0.39, 0.29) is 0 Å². The summed E-state index contributed by atoms with van der Waals surface area (Å²) in [5.74, 6) is 0. The molecule has 0 amide bonds. The van der Waals surface area contributed by atoms with Crippen molar-refractivity contribution in [2.24, 2.45) is 5.73 Å². The van der Waals surface area contributed by atoms with Crippen LogP contribution in [0.1, 0.15) is 11.1 Å². The first-order valence-electron chi connectivity index (χ1n) is 5.29. The first kappa shape index (κ1) is 12.6. The van der Waals surface area contributed by atoms with E-state index in [1.807, 2.05) is 24.3 Å². The predicted octanol–water partition coefficient (Wildman–Crippen LogP) is 3.04. The summed E-state index contributed by atoms with van der Waals surface area (Å²) < 4.78 is 1.02. The topological polar surface area (TPSA) is 62.7 Å². The summed E-state index contributed by atoms with van der Waals surface area (Å²) in [7, 11) is 0. The Morgan fingerprint density at radius 2 is 1.83 bits per heavy atom. The number of hydrogen-bond acceptors (Lipinski definition) is 3. The zero-order chi connectivity index (χ0) is 13.0. The van der Waals surface area contributed by atoms with Gasteiger partial charge in [-0.2, -0.15) is 5.26 Å². The molecule has 2 aromatic rings. The van der Waals surface area contributed by atoms with Crippen LogP contribution in [0.4, 0.5) is 0 Å². The summed E-state index contributed by atoms with van der Waals surface area (Å²) in [6, 6.07) is 13.5. The van der Waals surface area contributed by atoms with Gasteiger partial charge in [0.15, 0.2) is 0 Å². The molecule has 0 atom stereocenters. The van der Waals surface area contributed by atoms with Crippen molar-refractivity contribution >= 4 is 33.9 Å². The van der Waals surface area contributed by atoms with Crippen molar-refractivity contribution in [2.45, 2.75) is 0 Å². The second kappa shape index (κ2) is 5.65. The molecule has 0 saturated carbocycles. The molecule has 4 heteroatoms. The fourth-order valence-corrected chi connectivity index (χ4v) is 2.29. The predicted molar refractivity (Wildman–Crippen MR) is 80.0 cm³/mol. The Hall–Kier alpha value is -1.87. The highest BCUT2D eigenvalue weighted by Crippen LogP contribution is 2.24. The Morgan fingerprint density at radius 1 is 1.17 bits per heavy atom. The van der Waals surface area contributed by atoms with Crippen molar-refractivity contribution in [1.29, 1.82) is 5.26 Å². The molecule has 0 aliphatic rings. The average Bonchev–Trinajstić information content (AvgIpc) is 2.41. The molecule has 0 aliphatic heterocycles. The maximum atomic E-state index is 9.29. The second-order valence-electron chi connectivity index (χ2n) is 3.62. The third kappa shape index (κ3) is 2.51. The van der Waals surface area contributed by atoms with E-state index in [0.717, 1.165) is 14.7 Å². The molecular weight excluding hydrogens is 337 g/mol. The van der Waals surface area contributed by atoms with E-state index in [1.54, 1.807) is 24.5 Å². The molecule has 1 heterocycles. The lowest BCUT2D eigenvalue weighted by atomic mass is 10.0. The Morgan fingerprint density at radius 3 is 2.44 bits per heavy atom. The van der Waals surface area contributed by atoms with Crippen molar-refractivity contribution in [3.05, 3.63) is 63.5 Å². The van der Waals surface area contributed by atoms with Crippen LogP contribution in [0.25, 0.3) is 11.3 Å². The number of aromatic nitrogens is 1. The van der Waals surface area contributed by atoms with Gasteiger partial charge < -0.3 is 5.73 Å². The second-order valence-corrected chi connectivity index (χ2v) is 4.78. The number of pyridine rings is 1. The van der Waals surface area contributed by atoms with Gasteiger partial charge in [0.2, 0.25) is 0 Å². The molecule has 0 bridgehead atoms. The number of nitriles is 1. The lowest BCUT2D eigenvalue weighted by Crippen LogP contribution is -2.02. The smallest absolute Gasteiger partial charge is 0.102 e. The first-order valence-corrected chi connectivity index (χ1v) is 6.37. The Balaban J connectivity index is 2.59. The molecule has 0 radical (unpaired) electrons. The zero-order valence-electron chi connectivity index (χ0n) is 9.47. The van der Waals surface area contributed by atoms with Crippen molar-refractivity contribution in [3.8, 4) is 6.07 Å². The van der Waals surface area contributed by atoms with E-state index < -0.39 is 0 Å². The molecule has 3 nitrogen and oxygen atoms in total. The van der Waals surface area contributed by atoms with E-state index in [1.165, 1.54) is 0 Å². The van der Waals surface area contributed by atoms with Gasteiger partial charge in [-0.05, 0) is 46.4 Å². The van der Waals surface area contributed by atoms with Gasteiger partial charge >= 0.3 is 0 Å². The van der Waals surface area contributed by atoms with Crippen LogP contribution in [0, 0.1) is 14.9 Å². The minimum absolute atomic E-state index is 0.474. The maximum Gasteiger partial charge on any atom is 0.102 e. The van der Waals surface area contributed by atoms with E-state index >= 15 is 0 Å². The minimum Gasteiger partial charge on any atom is -0.397 e. The fraction of sp³-hybridized carbons (Fsp3) is 0. The van der Waals surface area contributed by atoms with Crippen molar-refractivity contribution < 1.29 is 0 Å². The number of benzene rings is 1. The van der Waals surface area contributed by atoms with Gasteiger partial charge in [0.05, 0.1) is 11.3 Å². The van der Waals surface area contributed by atoms with Gasteiger partial charge in [-0.1, -0.05) is 18.2 Å². The molecule has 0 saturated heterocycles. The van der Waals surface area contributed by atoms with Gasteiger partial charge in [0, 0.05) is 21.5 Å². The highest BCUT2D eigenvalue weighted by atomic mass is 127. The maximum absolute atomic E-state index is 9.29. The summed E-state index contributed by atoms with van der Waals surface area (Å²) in [6.45, 7) is 0. The molecule has 88 valence electrons. The molecule has 1 aromatic carbocycles. The van der Waals surface area contributed by atoms with Gasteiger partial charge in [-0.3, -0.25) is 4.98 Å². The molecule has 0 aliphatic carbocycles. The summed E-state index contributed by atoms with van der Waals surface area (Å²) >= 11 is 2.21. The third-order valence-corrected chi connectivity index (χ3v) is 3.45. The fourth-order valence-electron chi connectivity index (χ4n) is 1.61. The van der Waals surface area contributed by atoms with E-state index in [0.29, 0.717) is 11.3 Å². The highest BCUT2D eigenvalue weighted by Gasteiger charge is 2.10. The molecule has 18 heavy (non-hydrogen) atoms. The van der Waals surface area contributed by atoms with Crippen LogP contribution in [-0.2, 0) is 0 Å². The Kier molecular flexibility index (Phi) is 3.95. The number of halogens is 1. The highest BCUT2D eigenvalue weighted by molar-refractivity contribution is 14.1. The van der Waals surface area contributed by atoms with Crippen LogP contribution in [0.5, 0.6) is 0 Å². The lowest BCUT2D eigenvalue weighted by molar-refractivity contribution is 1.31. The van der Waals surface area contributed by atoms with Crippen LogP contribution in [0.3, 0.4) is 0 Å². The number of nitrogens with zero attached hydrogens (tertiary/aromatic N) is 2. The van der Waals surface area contributed by atoms with Gasteiger partial charge in [-0.25, -0.2) is 0 Å². The molecule has 0 fully saturated rings. The van der Waals surface area contributed by atoms with Crippen molar-refractivity contribution in [1.82, 2.24) is 4.98 Å². The van der Waals surface area contributed by atoms with E-state index in [2.05, 4.69) is 33.6 Å². The number of hydrogen-bond donors (Lipinski definition) is 1. The van der Waals surface area contributed by atoms with Gasteiger partial charge in [0.25, 0.3) is 0 Å². The Bertz CT molecular complexity index is 627.